The third kappa shape index (κ3) is 10.7. The molecule has 2 N–H and O–H groups in total. The minimum Gasteiger partial charge on any atom is -0.392 e. The molecule has 17 heavy (non-hydrogen) atoms. The van der Waals surface area contributed by atoms with Gasteiger partial charge < -0.3 is 19.9 Å². The lowest BCUT2D eigenvalue weighted by Crippen LogP contribution is -2.37. The number of rotatable bonds is 9. The highest BCUT2D eigenvalue weighted by atomic mass is 16.7. The van der Waals surface area contributed by atoms with Crippen molar-refractivity contribution in [1.82, 2.24) is 5.32 Å². The lowest BCUT2D eigenvalue weighted by atomic mass is 9.89. The molecule has 0 spiro atoms. The highest BCUT2D eigenvalue weighted by Gasteiger charge is 2.16. The van der Waals surface area contributed by atoms with Gasteiger partial charge in [0.2, 0.25) is 0 Å². The van der Waals surface area contributed by atoms with E-state index in [0.717, 1.165) is 6.42 Å². The smallest absolute Gasteiger partial charge is 0.169 e. The molecule has 0 radical (unpaired) electrons. The van der Waals surface area contributed by atoms with Gasteiger partial charge in [-0.3, -0.25) is 0 Å². The number of hydrogen-bond donors (Lipinski definition) is 2. The van der Waals surface area contributed by atoms with Crippen molar-refractivity contribution in [3.8, 4) is 0 Å². The fraction of sp³-hybridized carbons (Fsp3) is 1.00. The Bertz CT molecular complexity index is 174. The number of aliphatic hydroxyl groups is 1. The molecule has 0 aromatic carbocycles. The number of ether oxygens (including phenoxy) is 2. The number of hydrogen-bond acceptors (Lipinski definition) is 4. The minimum absolute atomic E-state index is 0.153. The largest absolute Gasteiger partial charge is 0.392 e. The van der Waals surface area contributed by atoms with E-state index in [-0.39, 0.29) is 17.8 Å². The van der Waals surface area contributed by atoms with Crippen molar-refractivity contribution < 1.29 is 14.6 Å². The average molecular weight is 247 g/mol. The second-order valence-electron chi connectivity index (χ2n) is 5.42. The van der Waals surface area contributed by atoms with Gasteiger partial charge in [-0.15, -0.1) is 0 Å². The number of aliphatic hydroxyl groups excluding tert-OH is 1. The van der Waals surface area contributed by atoms with Crippen molar-refractivity contribution in [3.05, 3.63) is 0 Å². The van der Waals surface area contributed by atoms with Crippen molar-refractivity contribution in [2.45, 2.75) is 53.4 Å². The van der Waals surface area contributed by atoms with Gasteiger partial charge in [-0.1, -0.05) is 20.8 Å². The van der Waals surface area contributed by atoms with Gasteiger partial charge in [0.05, 0.1) is 6.10 Å². The first-order chi connectivity index (χ1) is 7.89. The van der Waals surface area contributed by atoms with Crippen LogP contribution in [-0.2, 0) is 9.47 Å². The monoisotopic (exact) mass is 247 g/mol. The van der Waals surface area contributed by atoms with Crippen molar-refractivity contribution in [2.75, 3.05) is 26.3 Å². The summed E-state index contributed by atoms with van der Waals surface area (Å²) in [5, 5.41) is 13.0. The summed E-state index contributed by atoms with van der Waals surface area (Å²) in [6, 6.07) is 0. The van der Waals surface area contributed by atoms with Crippen LogP contribution in [0.15, 0.2) is 0 Å². The van der Waals surface area contributed by atoms with Gasteiger partial charge in [0.25, 0.3) is 0 Å². The first kappa shape index (κ1) is 16.8. The Kier molecular flexibility index (Phi) is 8.78. The molecule has 0 amide bonds. The lowest BCUT2D eigenvalue weighted by molar-refractivity contribution is -0.133. The predicted molar refractivity (Wildman–Crippen MR) is 70.0 cm³/mol. The summed E-state index contributed by atoms with van der Waals surface area (Å²) < 4.78 is 10.8. The predicted octanol–water partition coefficient (Wildman–Crippen LogP) is 1.77. The Hall–Kier alpha value is -0.160. The third-order valence-electron chi connectivity index (χ3n) is 2.24. The minimum atomic E-state index is -0.320. The van der Waals surface area contributed by atoms with Gasteiger partial charge in [-0.2, -0.15) is 0 Å². The zero-order valence-corrected chi connectivity index (χ0v) is 12.0. The second kappa shape index (κ2) is 8.86. The van der Waals surface area contributed by atoms with Gasteiger partial charge >= 0.3 is 0 Å². The molecular weight excluding hydrogens is 218 g/mol. The number of nitrogens with one attached hydrogen (secondary N) is 1. The zero-order valence-electron chi connectivity index (χ0n) is 12.0. The maximum atomic E-state index is 9.81. The van der Waals surface area contributed by atoms with E-state index >= 15 is 0 Å². The topological polar surface area (TPSA) is 50.7 Å². The summed E-state index contributed by atoms with van der Waals surface area (Å²) in [5.41, 5.74) is 0.153. The van der Waals surface area contributed by atoms with Crippen molar-refractivity contribution in [2.24, 2.45) is 5.41 Å². The van der Waals surface area contributed by atoms with Gasteiger partial charge in [0, 0.05) is 26.3 Å². The van der Waals surface area contributed by atoms with E-state index in [1.807, 2.05) is 13.8 Å². The van der Waals surface area contributed by atoms with Crippen LogP contribution in [0.5, 0.6) is 0 Å². The molecule has 0 heterocycles. The molecule has 0 saturated heterocycles. The molecule has 4 heteroatoms. The average Bonchev–Trinajstić information content (AvgIpc) is 2.15. The summed E-state index contributed by atoms with van der Waals surface area (Å²) >= 11 is 0. The van der Waals surface area contributed by atoms with Gasteiger partial charge in [-0.05, 0) is 25.7 Å². The van der Waals surface area contributed by atoms with Crippen LogP contribution in [0.4, 0.5) is 0 Å². The van der Waals surface area contributed by atoms with E-state index < -0.39 is 0 Å². The van der Waals surface area contributed by atoms with Crippen LogP contribution in [0.2, 0.25) is 0 Å². The fourth-order valence-corrected chi connectivity index (χ4v) is 1.68. The Morgan fingerprint density at radius 2 is 1.59 bits per heavy atom. The first-order valence-electron chi connectivity index (χ1n) is 6.51. The molecule has 0 aliphatic rings. The van der Waals surface area contributed by atoms with E-state index in [9.17, 15) is 5.11 Å². The van der Waals surface area contributed by atoms with Crippen LogP contribution in [0.25, 0.3) is 0 Å². The van der Waals surface area contributed by atoms with Gasteiger partial charge in [-0.25, -0.2) is 0 Å². The fourth-order valence-electron chi connectivity index (χ4n) is 1.68. The molecule has 1 atom stereocenters. The maximum Gasteiger partial charge on any atom is 0.169 e. The standard InChI is InChI=1S/C13H29NO3/c1-6-16-12(17-7-2)10-14-9-11(15)8-13(3,4)5/h11-12,14-15H,6-10H2,1-5H3. The molecule has 1 unspecified atom stereocenters. The van der Waals surface area contributed by atoms with E-state index in [0.29, 0.717) is 26.3 Å². The summed E-state index contributed by atoms with van der Waals surface area (Å²) in [5.74, 6) is 0. The lowest BCUT2D eigenvalue weighted by Gasteiger charge is -2.23. The quantitative estimate of drug-likeness (QED) is 0.610. The molecule has 0 saturated carbocycles. The third-order valence-corrected chi connectivity index (χ3v) is 2.24. The van der Waals surface area contributed by atoms with Crippen LogP contribution in [0, 0.1) is 5.41 Å². The van der Waals surface area contributed by atoms with Crippen LogP contribution in [0.3, 0.4) is 0 Å². The normalized spacial score (nSPS) is 14.3. The van der Waals surface area contributed by atoms with Crippen molar-refractivity contribution in [1.29, 1.82) is 0 Å². The summed E-state index contributed by atoms with van der Waals surface area (Å²) in [7, 11) is 0. The summed E-state index contributed by atoms with van der Waals surface area (Å²) in [6.45, 7) is 12.7. The molecule has 0 aromatic rings. The molecule has 0 aromatic heterocycles. The maximum absolute atomic E-state index is 9.81. The Morgan fingerprint density at radius 3 is 2.00 bits per heavy atom. The van der Waals surface area contributed by atoms with Crippen LogP contribution >= 0.6 is 0 Å². The van der Waals surface area contributed by atoms with Crippen LogP contribution in [-0.4, -0.2) is 43.8 Å². The second-order valence-corrected chi connectivity index (χ2v) is 5.42. The molecule has 0 aliphatic carbocycles. The molecule has 0 aliphatic heterocycles. The summed E-state index contributed by atoms with van der Waals surface area (Å²) in [4.78, 5) is 0. The first-order valence-corrected chi connectivity index (χ1v) is 6.51. The van der Waals surface area contributed by atoms with Crippen molar-refractivity contribution >= 4 is 0 Å². The molecule has 4 nitrogen and oxygen atoms in total. The van der Waals surface area contributed by atoms with E-state index in [2.05, 4.69) is 26.1 Å². The Morgan fingerprint density at radius 1 is 1.06 bits per heavy atom. The Balaban J connectivity index is 3.72. The highest BCUT2D eigenvalue weighted by Crippen LogP contribution is 2.20. The molecule has 0 fully saturated rings. The van der Waals surface area contributed by atoms with E-state index in [4.69, 9.17) is 9.47 Å². The van der Waals surface area contributed by atoms with Gasteiger partial charge in [0.1, 0.15) is 0 Å². The van der Waals surface area contributed by atoms with Crippen LogP contribution in [0.1, 0.15) is 41.0 Å². The van der Waals surface area contributed by atoms with Gasteiger partial charge in [0.15, 0.2) is 6.29 Å². The summed E-state index contributed by atoms with van der Waals surface area (Å²) in [6.07, 6.45) is 0.249. The highest BCUT2D eigenvalue weighted by molar-refractivity contribution is 4.70. The molecule has 0 bridgehead atoms. The van der Waals surface area contributed by atoms with E-state index in [1.165, 1.54) is 0 Å². The molecule has 104 valence electrons. The van der Waals surface area contributed by atoms with Crippen molar-refractivity contribution in [3.63, 3.8) is 0 Å². The van der Waals surface area contributed by atoms with E-state index in [1.54, 1.807) is 0 Å². The molecule has 0 rings (SSSR count). The Labute approximate surface area is 106 Å². The SMILES string of the molecule is CCOC(CNCC(O)CC(C)(C)C)OCC. The zero-order chi connectivity index (χ0) is 13.3. The molecular formula is C13H29NO3. The van der Waals surface area contributed by atoms with Crippen LogP contribution < -0.4 is 5.32 Å².